The summed E-state index contributed by atoms with van der Waals surface area (Å²) in [6.45, 7) is 5.89. The van der Waals surface area contributed by atoms with Crippen LogP contribution in [0.3, 0.4) is 0 Å². The SMILES string of the molecule is [2H]C([2H])(c1ccc(-c2cc3c(cc2C)oc2cnccc23)[n+](C)c1)C(C)C. The lowest BCUT2D eigenvalue weighted by Crippen LogP contribution is -2.31. The molecule has 0 bridgehead atoms. The van der Waals surface area contributed by atoms with Gasteiger partial charge < -0.3 is 4.42 Å². The van der Waals surface area contributed by atoms with Crippen molar-refractivity contribution in [2.45, 2.75) is 27.1 Å². The van der Waals surface area contributed by atoms with Gasteiger partial charge in [0.25, 0.3) is 0 Å². The van der Waals surface area contributed by atoms with Crippen LogP contribution in [0.4, 0.5) is 0 Å². The number of hydrogen-bond donors (Lipinski definition) is 0. The lowest BCUT2D eigenvalue weighted by atomic mass is 9.99. The number of aromatic nitrogens is 2. The fraction of sp³-hybridized carbons (Fsp3) is 0.273. The maximum absolute atomic E-state index is 8.35. The average molecular weight is 333 g/mol. The number of rotatable bonds is 3. The Kier molecular flexibility index (Phi) is 3.26. The van der Waals surface area contributed by atoms with Gasteiger partial charge in [0.2, 0.25) is 5.69 Å². The predicted octanol–water partition coefficient (Wildman–Crippen LogP) is 4.98. The van der Waals surface area contributed by atoms with Gasteiger partial charge in [-0.25, -0.2) is 4.57 Å². The first-order valence-electron chi connectivity index (χ1n) is 9.56. The molecule has 126 valence electrons. The summed E-state index contributed by atoms with van der Waals surface area (Å²) in [6.07, 6.45) is 4.06. The summed E-state index contributed by atoms with van der Waals surface area (Å²) in [5.41, 5.74) is 5.61. The zero-order valence-electron chi connectivity index (χ0n) is 17.0. The fourth-order valence-electron chi connectivity index (χ4n) is 3.36. The molecule has 0 aliphatic carbocycles. The van der Waals surface area contributed by atoms with E-state index < -0.39 is 6.37 Å². The van der Waals surface area contributed by atoms with E-state index in [1.165, 1.54) is 0 Å². The summed E-state index contributed by atoms with van der Waals surface area (Å²) in [5, 5.41) is 2.12. The Labute approximate surface area is 150 Å². The molecule has 0 aliphatic rings. The van der Waals surface area contributed by atoms with Crippen LogP contribution in [-0.2, 0) is 13.4 Å². The first-order valence-corrected chi connectivity index (χ1v) is 8.56. The molecule has 3 aromatic heterocycles. The second kappa shape index (κ2) is 5.99. The largest absolute Gasteiger partial charge is 0.454 e. The van der Waals surface area contributed by atoms with Gasteiger partial charge in [0.05, 0.1) is 6.20 Å². The Morgan fingerprint density at radius 3 is 2.76 bits per heavy atom. The molecule has 0 spiro atoms. The van der Waals surface area contributed by atoms with Gasteiger partial charge in [0.15, 0.2) is 11.8 Å². The van der Waals surface area contributed by atoms with Crippen molar-refractivity contribution >= 4 is 21.9 Å². The molecule has 3 heterocycles. The lowest BCUT2D eigenvalue weighted by Gasteiger charge is -2.08. The number of hydrogen-bond acceptors (Lipinski definition) is 2. The van der Waals surface area contributed by atoms with Crippen molar-refractivity contribution in [3.8, 4) is 11.3 Å². The van der Waals surface area contributed by atoms with Crippen molar-refractivity contribution in [3.63, 3.8) is 0 Å². The van der Waals surface area contributed by atoms with Crippen molar-refractivity contribution in [2.75, 3.05) is 0 Å². The van der Waals surface area contributed by atoms with Gasteiger partial charge in [0.1, 0.15) is 12.6 Å². The molecule has 0 atom stereocenters. The monoisotopic (exact) mass is 333 g/mol. The number of nitrogens with zero attached hydrogens (tertiary/aromatic N) is 2. The third-order valence-electron chi connectivity index (χ3n) is 4.49. The molecule has 25 heavy (non-hydrogen) atoms. The van der Waals surface area contributed by atoms with Crippen molar-refractivity contribution in [1.29, 1.82) is 0 Å². The van der Waals surface area contributed by atoms with Crippen LogP contribution in [0.5, 0.6) is 0 Å². The number of aryl methyl sites for hydroxylation is 2. The highest BCUT2D eigenvalue weighted by atomic mass is 16.3. The van der Waals surface area contributed by atoms with Gasteiger partial charge in [-0.1, -0.05) is 13.8 Å². The number of furan rings is 1. The van der Waals surface area contributed by atoms with Gasteiger partial charge in [0, 0.05) is 36.9 Å². The lowest BCUT2D eigenvalue weighted by molar-refractivity contribution is -0.660. The van der Waals surface area contributed by atoms with Crippen LogP contribution in [-0.4, -0.2) is 4.98 Å². The van der Waals surface area contributed by atoms with Crippen LogP contribution < -0.4 is 4.57 Å². The van der Waals surface area contributed by atoms with E-state index in [-0.39, 0.29) is 5.92 Å². The molecule has 0 saturated carbocycles. The van der Waals surface area contributed by atoms with Crippen LogP contribution in [0.2, 0.25) is 0 Å². The third kappa shape index (κ3) is 2.80. The molecule has 4 rings (SSSR count). The Morgan fingerprint density at radius 1 is 1.16 bits per heavy atom. The van der Waals surface area contributed by atoms with Gasteiger partial charge >= 0.3 is 0 Å². The van der Waals surface area contributed by atoms with Crippen LogP contribution in [0.15, 0.2) is 53.3 Å². The Balaban J connectivity index is 1.89. The minimum absolute atomic E-state index is 0.0904. The molecule has 0 aliphatic heterocycles. The summed E-state index contributed by atoms with van der Waals surface area (Å²) in [4.78, 5) is 4.14. The van der Waals surface area contributed by atoms with Crippen LogP contribution in [0.25, 0.3) is 33.2 Å². The van der Waals surface area contributed by atoms with E-state index in [0.29, 0.717) is 5.56 Å². The average Bonchev–Trinajstić information content (AvgIpc) is 2.98. The molecule has 0 radical (unpaired) electrons. The van der Waals surface area contributed by atoms with Gasteiger partial charge in [-0.05, 0) is 49.0 Å². The second-order valence-corrected chi connectivity index (χ2v) is 6.85. The van der Waals surface area contributed by atoms with E-state index in [1.807, 2.05) is 49.9 Å². The normalized spacial score (nSPS) is 13.5. The van der Waals surface area contributed by atoms with E-state index in [0.717, 1.165) is 38.8 Å². The second-order valence-electron chi connectivity index (χ2n) is 6.85. The molecule has 3 nitrogen and oxygen atoms in total. The number of pyridine rings is 2. The predicted molar refractivity (Wildman–Crippen MR) is 101 cm³/mol. The van der Waals surface area contributed by atoms with E-state index in [4.69, 9.17) is 7.16 Å². The molecule has 0 N–H and O–H groups in total. The highest BCUT2D eigenvalue weighted by molar-refractivity contribution is 6.06. The Hall–Kier alpha value is -2.68. The molecule has 0 saturated heterocycles. The van der Waals surface area contributed by atoms with Crippen molar-refractivity contribution in [2.24, 2.45) is 13.0 Å². The quantitative estimate of drug-likeness (QED) is 0.495. The minimum atomic E-state index is -1.36. The van der Waals surface area contributed by atoms with E-state index in [9.17, 15) is 0 Å². The summed E-state index contributed by atoms with van der Waals surface area (Å²) in [5.74, 6) is -0.0904. The van der Waals surface area contributed by atoms with Crippen molar-refractivity contribution in [3.05, 3.63) is 60.0 Å². The summed E-state index contributed by atoms with van der Waals surface area (Å²) < 4.78 is 24.6. The zero-order valence-corrected chi connectivity index (χ0v) is 15.0. The molecule has 3 heteroatoms. The molecular weight excluding hydrogens is 308 g/mol. The molecular formula is C22H23N2O+. The standard InChI is InChI=1S/C22H23N2O/c1-14(2)9-16-5-6-20(24(4)13-16)18-11-19-17-7-8-23-12-22(17)25-21(19)10-15(18)3/h5-8,10-14H,9H2,1-4H3/q+1/i9D2. The topological polar surface area (TPSA) is 29.9 Å². The maximum atomic E-state index is 8.35. The third-order valence-corrected chi connectivity index (χ3v) is 4.49. The summed E-state index contributed by atoms with van der Waals surface area (Å²) >= 11 is 0. The molecule has 0 amide bonds. The molecule has 4 aromatic rings. The van der Waals surface area contributed by atoms with Gasteiger partial charge in [-0.15, -0.1) is 0 Å². The molecule has 0 unspecified atom stereocenters. The van der Waals surface area contributed by atoms with E-state index >= 15 is 0 Å². The van der Waals surface area contributed by atoms with Gasteiger partial charge in [-0.3, -0.25) is 4.98 Å². The van der Waals surface area contributed by atoms with Crippen LogP contribution >= 0.6 is 0 Å². The fourth-order valence-corrected chi connectivity index (χ4v) is 3.36. The van der Waals surface area contributed by atoms with Crippen LogP contribution in [0.1, 0.15) is 27.7 Å². The first-order chi connectivity index (χ1) is 12.8. The summed E-state index contributed by atoms with van der Waals surface area (Å²) in [7, 11) is 1.97. The minimum Gasteiger partial charge on any atom is -0.454 e. The smallest absolute Gasteiger partial charge is 0.212 e. The van der Waals surface area contributed by atoms with Crippen LogP contribution in [0, 0.1) is 12.8 Å². The highest BCUT2D eigenvalue weighted by Gasteiger charge is 2.17. The number of benzene rings is 1. The van der Waals surface area contributed by atoms with E-state index in [1.54, 1.807) is 12.4 Å². The zero-order chi connectivity index (χ0) is 19.3. The number of fused-ring (bicyclic) bond motifs is 3. The van der Waals surface area contributed by atoms with Crippen molar-refractivity contribution < 1.29 is 11.7 Å². The Morgan fingerprint density at radius 2 is 2.00 bits per heavy atom. The first kappa shape index (κ1) is 13.6. The van der Waals surface area contributed by atoms with Gasteiger partial charge in [-0.2, -0.15) is 0 Å². The summed E-state index contributed by atoms with van der Waals surface area (Å²) in [6, 6.07) is 10.1. The molecule has 1 aromatic carbocycles. The highest BCUT2D eigenvalue weighted by Crippen LogP contribution is 2.33. The van der Waals surface area contributed by atoms with E-state index in [2.05, 4.69) is 24.0 Å². The van der Waals surface area contributed by atoms with Crippen molar-refractivity contribution in [1.82, 2.24) is 4.98 Å². The Bertz CT molecular complexity index is 1160. The maximum Gasteiger partial charge on any atom is 0.212 e. The molecule has 0 fully saturated rings.